The molecule has 0 unspecified atom stereocenters. The maximum absolute atomic E-state index is 4.62. The van der Waals surface area contributed by atoms with Gasteiger partial charge in [0.15, 0.2) is 5.96 Å². The van der Waals surface area contributed by atoms with E-state index in [-0.39, 0.29) is 0 Å². The number of aliphatic imine (C=N–C) groups is 1. The van der Waals surface area contributed by atoms with Crippen LogP contribution in [0.1, 0.15) is 17.8 Å². The second-order valence-electron chi connectivity index (χ2n) is 5.60. The maximum Gasteiger partial charge on any atom is 0.191 e. The molecule has 0 aliphatic rings. The number of nitrogens with one attached hydrogen (secondary N) is 2. The van der Waals surface area contributed by atoms with Crippen LogP contribution in [0.4, 0.5) is 0 Å². The summed E-state index contributed by atoms with van der Waals surface area (Å²) in [6.45, 7) is 4.44. The van der Waals surface area contributed by atoms with Crippen molar-refractivity contribution >= 4 is 11.6 Å². The molecule has 3 aromatic heterocycles. The molecule has 0 aliphatic heterocycles. The van der Waals surface area contributed by atoms with Gasteiger partial charge in [-0.05, 0) is 31.5 Å². The number of nitrogens with zero attached hydrogens (tertiary/aromatic N) is 5. The van der Waals surface area contributed by atoms with Crippen LogP contribution in [0.15, 0.2) is 47.8 Å². The molecule has 0 spiro atoms. The zero-order valence-corrected chi connectivity index (χ0v) is 14.1. The minimum atomic E-state index is 0.639. The molecule has 0 atom stereocenters. The van der Waals surface area contributed by atoms with Gasteiger partial charge in [-0.15, -0.1) is 0 Å². The van der Waals surface area contributed by atoms with Gasteiger partial charge in [0.25, 0.3) is 0 Å². The monoisotopic (exact) mass is 325 g/mol. The maximum atomic E-state index is 4.62. The fourth-order valence-corrected chi connectivity index (χ4v) is 2.56. The van der Waals surface area contributed by atoms with E-state index in [1.54, 1.807) is 13.2 Å². The number of aromatic nitrogens is 4. The highest BCUT2D eigenvalue weighted by Crippen LogP contribution is 2.08. The summed E-state index contributed by atoms with van der Waals surface area (Å²) in [6, 6.07) is 8.05. The van der Waals surface area contributed by atoms with Gasteiger partial charge < -0.3 is 15.0 Å². The van der Waals surface area contributed by atoms with Crippen molar-refractivity contribution < 1.29 is 0 Å². The first-order chi connectivity index (χ1) is 11.8. The highest BCUT2D eigenvalue weighted by molar-refractivity contribution is 5.79. The molecule has 0 saturated heterocycles. The second kappa shape index (κ2) is 7.63. The Bertz CT molecular complexity index is 802. The van der Waals surface area contributed by atoms with Gasteiger partial charge in [0.05, 0.1) is 12.2 Å². The third kappa shape index (κ3) is 3.92. The van der Waals surface area contributed by atoms with E-state index in [1.807, 2.05) is 29.1 Å². The predicted octanol–water partition coefficient (Wildman–Crippen LogP) is 1.59. The average Bonchev–Trinajstić information content (AvgIpc) is 3.24. The number of hydrogen-bond acceptors (Lipinski definition) is 3. The number of hydrogen-bond donors (Lipinski definition) is 2. The average molecular weight is 325 g/mol. The molecule has 0 radical (unpaired) electrons. The van der Waals surface area contributed by atoms with E-state index in [4.69, 9.17) is 0 Å². The lowest BCUT2D eigenvalue weighted by molar-refractivity contribution is 0.570. The van der Waals surface area contributed by atoms with Gasteiger partial charge in [0.1, 0.15) is 5.65 Å². The molecule has 0 amide bonds. The third-order valence-electron chi connectivity index (χ3n) is 3.82. The first-order valence-corrected chi connectivity index (χ1v) is 8.12. The lowest BCUT2D eigenvalue weighted by atomic mass is 10.4. The van der Waals surface area contributed by atoms with Crippen molar-refractivity contribution in [2.75, 3.05) is 13.6 Å². The van der Waals surface area contributed by atoms with Crippen molar-refractivity contribution in [3.05, 3.63) is 54.2 Å². The first-order valence-electron chi connectivity index (χ1n) is 8.12. The van der Waals surface area contributed by atoms with Crippen LogP contribution in [-0.4, -0.2) is 38.7 Å². The predicted molar refractivity (Wildman–Crippen MR) is 95.0 cm³/mol. The quantitative estimate of drug-likeness (QED) is 0.410. The summed E-state index contributed by atoms with van der Waals surface area (Å²) in [4.78, 5) is 8.86. The number of rotatable bonds is 6. The van der Waals surface area contributed by atoms with E-state index >= 15 is 0 Å². The first kappa shape index (κ1) is 16.0. The lowest BCUT2D eigenvalue weighted by Crippen LogP contribution is -2.37. The van der Waals surface area contributed by atoms with Gasteiger partial charge in [-0.25, -0.2) is 4.98 Å². The van der Waals surface area contributed by atoms with Crippen LogP contribution in [0, 0.1) is 6.92 Å². The van der Waals surface area contributed by atoms with Crippen molar-refractivity contribution in [2.24, 2.45) is 4.99 Å². The Hall–Kier alpha value is -2.83. The number of imidazole rings is 1. The minimum absolute atomic E-state index is 0.639. The Labute approximate surface area is 141 Å². The third-order valence-corrected chi connectivity index (χ3v) is 3.82. The summed E-state index contributed by atoms with van der Waals surface area (Å²) in [5.41, 5.74) is 3.13. The molecule has 3 heterocycles. The molecule has 0 saturated carbocycles. The van der Waals surface area contributed by atoms with Crippen molar-refractivity contribution in [2.45, 2.75) is 26.4 Å². The summed E-state index contributed by atoms with van der Waals surface area (Å²) < 4.78 is 4.02. The molecule has 3 aromatic rings. The number of aryl methyl sites for hydroxylation is 2. The Morgan fingerprint density at radius 1 is 1.25 bits per heavy atom. The van der Waals surface area contributed by atoms with Crippen molar-refractivity contribution in [3.8, 4) is 0 Å². The smallest absolute Gasteiger partial charge is 0.191 e. The van der Waals surface area contributed by atoms with Crippen LogP contribution in [0.5, 0.6) is 0 Å². The van der Waals surface area contributed by atoms with Crippen LogP contribution in [0.2, 0.25) is 0 Å². The zero-order chi connectivity index (χ0) is 16.8. The topological polar surface area (TPSA) is 71.5 Å². The number of pyridine rings is 1. The van der Waals surface area contributed by atoms with E-state index in [2.05, 4.69) is 49.3 Å². The van der Waals surface area contributed by atoms with Crippen LogP contribution in [0.25, 0.3) is 5.65 Å². The highest BCUT2D eigenvalue weighted by Gasteiger charge is 2.04. The molecule has 0 aromatic carbocycles. The second-order valence-corrected chi connectivity index (χ2v) is 5.60. The fourth-order valence-electron chi connectivity index (χ4n) is 2.56. The van der Waals surface area contributed by atoms with Crippen LogP contribution >= 0.6 is 0 Å². The molecule has 3 rings (SSSR count). The molecular formula is C17H23N7. The Morgan fingerprint density at radius 3 is 2.92 bits per heavy atom. The van der Waals surface area contributed by atoms with Crippen molar-refractivity contribution in [3.63, 3.8) is 0 Å². The summed E-state index contributed by atoms with van der Waals surface area (Å²) >= 11 is 0. The van der Waals surface area contributed by atoms with Crippen LogP contribution in [-0.2, 0) is 13.1 Å². The highest BCUT2D eigenvalue weighted by atomic mass is 15.3. The van der Waals surface area contributed by atoms with E-state index in [0.29, 0.717) is 6.54 Å². The number of guanidine groups is 1. The van der Waals surface area contributed by atoms with Gasteiger partial charge in [0.2, 0.25) is 0 Å². The molecule has 126 valence electrons. The lowest BCUT2D eigenvalue weighted by Gasteiger charge is -2.10. The van der Waals surface area contributed by atoms with E-state index in [0.717, 1.165) is 36.8 Å². The largest absolute Gasteiger partial charge is 0.356 e. The summed E-state index contributed by atoms with van der Waals surface area (Å²) in [5, 5.41) is 10.8. The molecule has 24 heavy (non-hydrogen) atoms. The summed E-state index contributed by atoms with van der Waals surface area (Å²) in [5.74, 6) is 0.782. The molecule has 2 N–H and O–H groups in total. The van der Waals surface area contributed by atoms with E-state index in [1.165, 1.54) is 5.69 Å². The van der Waals surface area contributed by atoms with Crippen LogP contribution < -0.4 is 10.6 Å². The zero-order valence-electron chi connectivity index (χ0n) is 14.1. The standard InChI is InChI=1S/C17H23N7/c1-14-6-3-7-16-22-15(13-24(14)16)12-20-17(18-2)19-8-4-10-23-11-5-9-21-23/h3,5-7,9,11,13H,4,8,10,12H2,1-2H3,(H2,18,19,20). The van der Waals surface area contributed by atoms with Gasteiger partial charge >= 0.3 is 0 Å². The Morgan fingerprint density at radius 2 is 2.17 bits per heavy atom. The van der Waals surface area contributed by atoms with Gasteiger partial charge in [-0.3, -0.25) is 9.67 Å². The summed E-state index contributed by atoms with van der Waals surface area (Å²) in [6.07, 6.45) is 6.81. The molecule has 7 heteroatoms. The van der Waals surface area contributed by atoms with E-state index in [9.17, 15) is 0 Å². The molecule has 0 aliphatic carbocycles. The van der Waals surface area contributed by atoms with E-state index < -0.39 is 0 Å². The Kier molecular flexibility index (Phi) is 5.10. The fraction of sp³-hybridized carbons (Fsp3) is 0.353. The molecule has 0 bridgehead atoms. The Balaban J connectivity index is 1.47. The minimum Gasteiger partial charge on any atom is -0.356 e. The SMILES string of the molecule is CN=C(NCCCn1cccn1)NCc1cn2c(C)cccc2n1. The van der Waals surface area contributed by atoms with Crippen molar-refractivity contribution in [1.29, 1.82) is 0 Å². The van der Waals surface area contributed by atoms with Gasteiger partial charge in [0, 0.05) is 44.4 Å². The molecule has 7 nitrogen and oxygen atoms in total. The normalized spacial score (nSPS) is 11.8. The number of fused-ring (bicyclic) bond motifs is 1. The summed E-state index contributed by atoms with van der Waals surface area (Å²) in [7, 11) is 1.77. The van der Waals surface area contributed by atoms with Gasteiger partial charge in [-0.2, -0.15) is 5.10 Å². The molecule has 0 fully saturated rings. The van der Waals surface area contributed by atoms with Gasteiger partial charge in [-0.1, -0.05) is 6.07 Å². The van der Waals surface area contributed by atoms with Crippen LogP contribution in [0.3, 0.4) is 0 Å². The van der Waals surface area contributed by atoms with Crippen molar-refractivity contribution in [1.82, 2.24) is 29.8 Å². The molecular weight excluding hydrogens is 302 g/mol.